The van der Waals surface area contributed by atoms with E-state index in [0.717, 1.165) is 28.0 Å². The number of amides is 2. The minimum Gasteiger partial charge on any atom is -0.496 e. The van der Waals surface area contributed by atoms with Crippen LogP contribution in [0.1, 0.15) is 41.1 Å². The van der Waals surface area contributed by atoms with Crippen LogP contribution in [0, 0.1) is 0 Å². The number of carbonyl (C=O) groups excluding carboxylic acids is 2. The Morgan fingerprint density at radius 1 is 0.868 bits per heavy atom. The molecular formula is C32H30N2O4. The molecule has 1 fully saturated rings. The van der Waals surface area contributed by atoms with Crippen LogP contribution in [0.15, 0.2) is 103 Å². The van der Waals surface area contributed by atoms with Crippen LogP contribution in [0.5, 0.6) is 11.5 Å². The molecule has 4 aromatic rings. The Kier molecular flexibility index (Phi) is 7.40. The zero-order valence-electron chi connectivity index (χ0n) is 21.5. The maximum Gasteiger partial charge on any atom is 0.233 e. The molecular weight excluding hydrogens is 476 g/mol. The number of hydrogen-bond acceptors (Lipinski definition) is 4. The number of nitrogens with zero attached hydrogens (tertiary/aromatic N) is 1. The number of rotatable bonds is 9. The van der Waals surface area contributed by atoms with Gasteiger partial charge in [-0.2, -0.15) is 0 Å². The highest BCUT2D eigenvalue weighted by atomic mass is 16.5. The van der Waals surface area contributed by atoms with Crippen LogP contribution in [0.25, 0.3) is 0 Å². The summed E-state index contributed by atoms with van der Waals surface area (Å²) >= 11 is 0. The van der Waals surface area contributed by atoms with Crippen molar-refractivity contribution >= 4 is 17.5 Å². The normalized spacial score (nSPS) is 16.5. The first kappa shape index (κ1) is 25.1. The van der Waals surface area contributed by atoms with Crippen molar-refractivity contribution in [1.82, 2.24) is 4.90 Å². The zero-order chi connectivity index (χ0) is 26.5. The van der Waals surface area contributed by atoms with Crippen molar-refractivity contribution < 1.29 is 19.1 Å². The van der Waals surface area contributed by atoms with Crippen LogP contribution in [-0.4, -0.2) is 23.8 Å². The van der Waals surface area contributed by atoms with Crippen molar-refractivity contribution in [2.45, 2.75) is 32.0 Å². The Balaban J connectivity index is 1.41. The fourth-order valence-electron chi connectivity index (χ4n) is 4.96. The molecule has 0 saturated carbocycles. The smallest absolute Gasteiger partial charge is 0.233 e. The van der Waals surface area contributed by atoms with E-state index >= 15 is 0 Å². The first-order valence-electron chi connectivity index (χ1n) is 12.6. The number of methoxy groups -OCH3 is 1. The van der Waals surface area contributed by atoms with Gasteiger partial charge in [-0.3, -0.25) is 9.59 Å². The fraction of sp³-hybridized carbons (Fsp3) is 0.188. The molecule has 4 aromatic carbocycles. The molecule has 1 N–H and O–H groups in total. The van der Waals surface area contributed by atoms with Gasteiger partial charge in [0.25, 0.3) is 0 Å². The molecule has 192 valence electrons. The van der Waals surface area contributed by atoms with Gasteiger partial charge in [0.1, 0.15) is 18.1 Å². The third kappa shape index (κ3) is 5.39. The van der Waals surface area contributed by atoms with Crippen molar-refractivity contribution in [2.24, 2.45) is 0 Å². The number of likely N-dealkylation sites (tertiary alicyclic amines) is 1. The second kappa shape index (κ2) is 11.2. The summed E-state index contributed by atoms with van der Waals surface area (Å²) in [4.78, 5) is 26.6. The maximum atomic E-state index is 13.4. The van der Waals surface area contributed by atoms with E-state index in [4.69, 9.17) is 9.47 Å². The van der Waals surface area contributed by atoms with E-state index < -0.39 is 0 Å². The van der Waals surface area contributed by atoms with Crippen LogP contribution in [0.4, 0.5) is 5.69 Å². The fourth-order valence-corrected chi connectivity index (χ4v) is 4.96. The molecule has 6 nitrogen and oxygen atoms in total. The number of hydrogen-bond donors (Lipinski definition) is 1. The molecule has 1 aliphatic rings. The average Bonchev–Trinajstić information content (AvgIpc) is 2.94. The summed E-state index contributed by atoms with van der Waals surface area (Å²) in [7, 11) is 1.64. The third-order valence-electron chi connectivity index (χ3n) is 6.77. The Morgan fingerprint density at radius 2 is 1.55 bits per heavy atom. The molecule has 0 spiro atoms. The summed E-state index contributed by atoms with van der Waals surface area (Å²) in [5.41, 5.74) is 4.75. The van der Waals surface area contributed by atoms with Crippen molar-refractivity contribution in [3.8, 4) is 11.5 Å². The molecule has 0 aliphatic carbocycles. The molecule has 2 atom stereocenters. The Bertz CT molecular complexity index is 1400. The van der Waals surface area contributed by atoms with Crippen LogP contribution in [0.2, 0.25) is 0 Å². The molecule has 1 aliphatic heterocycles. The average molecular weight is 507 g/mol. The first-order chi connectivity index (χ1) is 18.5. The molecule has 0 radical (unpaired) electrons. The summed E-state index contributed by atoms with van der Waals surface area (Å²) in [6, 6.07) is 33.2. The van der Waals surface area contributed by atoms with Gasteiger partial charge in [-0.25, -0.2) is 0 Å². The van der Waals surface area contributed by atoms with Gasteiger partial charge in [0.15, 0.2) is 0 Å². The summed E-state index contributed by atoms with van der Waals surface area (Å²) in [5.74, 6) is 1.16. The molecule has 2 amide bonds. The lowest BCUT2D eigenvalue weighted by molar-refractivity contribution is -0.151. The predicted octanol–water partition coefficient (Wildman–Crippen LogP) is 6.10. The molecule has 0 bridgehead atoms. The van der Waals surface area contributed by atoms with E-state index in [0.29, 0.717) is 24.6 Å². The monoisotopic (exact) mass is 506 g/mol. The summed E-state index contributed by atoms with van der Waals surface area (Å²) in [6.07, 6.45) is 0. The second-order valence-corrected chi connectivity index (χ2v) is 9.35. The quantitative estimate of drug-likeness (QED) is 0.279. The standard InChI is InChI=1S/C32H30N2O4/c1-22(35)33-27-14-16-28(17-15-27)38-21-26-19-25(13-18-29(26)37-2)31-30(24-11-7-4-8-12-24)32(36)34(31)20-23-9-5-3-6-10-23/h3-19,30-31H,20-21H2,1-2H3,(H,33,35)/t30-,31-/m0/s1. The first-order valence-corrected chi connectivity index (χ1v) is 12.6. The molecule has 5 rings (SSSR count). The lowest BCUT2D eigenvalue weighted by atomic mass is 9.77. The van der Waals surface area contributed by atoms with Gasteiger partial charge >= 0.3 is 0 Å². The van der Waals surface area contributed by atoms with Crippen LogP contribution < -0.4 is 14.8 Å². The van der Waals surface area contributed by atoms with Gasteiger partial charge in [-0.05, 0) is 53.1 Å². The van der Waals surface area contributed by atoms with Crippen molar-refractivity contribution in [2.75, 3.05) is 12.4 Å². The van der Waals surface area contributed by atoms with E-state index in [9.17, 15) is 9.59 Å². The molecule has 1 saturated heterocycles. The number of anilines is 1. The van der Waals surface area contributed by atoms with Gasteiger partial charge in [0.05, 0.1) is 19.1 Å². The second-order valence-electron chi connectivity index (χ2n) is 9.35. The van der Waals surface area contributed by atoms with Crippen molar-refractivity contribution in [1.29, 1.82) is 0 Å². The highest BCUT2D eigenvalue weighted by molar-refractivity contribution is 5.91. The number of ether oxygens (including phenoxy) is 2. The molecule has 1 heterocycles. The molecule has 0 unspecified atom stereocenters. The molecule has 6 heteroatoms. The van der Waals surface area contributed by atoms with E-state index in [1.54, 1.807) is 19.2 Å². The Morgan fingerprint density at radius 3 is 2.21 bits per heavy atom. The van der Waals surface area contributed by atoms with Crippen LogP contribution in [0.3, 0.4) is 0 Å². The highest BCUT2D eigenvalue weighted by Gasteiger charge is 2.48. The molecule has 0 aromatic heterocycles. The van der Waals surface area contributed by atoms with Crippen LogP contribution >= 0.6 is 0 Å². The van der Waals surface area contributed by atoms with Gasteiger partial charge in [-0.1, -0.05) is 66.7 Å². The summed E-state index contributed by atoms with van der Waals surface area (Å²) < 4.78 is 11.7. The van der Waals surface area contributed by atoms with Gasteiger partial charge in [0.2, 0.25) is 11.8 Å². The lowest BCUT2D eigenvalue weighted by Gasteiger charge is -2.48. The SMILES string of the molecule is COc1ccc([C@H]2[C@H](c3ccccc3)C(=O)N2Cc2ccccc2)cc1COc1ccc(NC(C)=O)cc1. The van der Waals surface area contributed by atoms with Crippen molar-refractivity contribution in [3.05, 3.63) is 125 Å². The third-order valence-corrected chi connectivity index (χ3v) is 6.77. The van der Waals surface area contributed by atoms with E-state index in [1.165, 1.54) is 6.92 Å². The van der Waals surface area contributed by atoms with Gasteiger partial charge in [-0.15, -0.1) is 0 Å². The van der Waals surface area contributed by atoms with Gasteiger partial charge in [0, 0.05) is 24.7 Å². The Labute approximate surface area is 222 Å². The number of β-lactam (4-membered cyclic amide) rings is 1. The predicted molar refractivity (Wildman–Crippen MR) is 147 cm³/mol. The minimum absolute atomic E-state index is 0.105. The largest absolute Gasteiger partial charge is 0.496 e. The summed E-state index contributed by atoms with van der Waals surface area (Å²) in [6.45, 7) is 2.32. The topological polar surface area (TPSA) is 67.9 Å². The lowest BCUT2D eigenvalue weighted by Crippen LogP contribution is -2.52. The Hall–Kier alpha value is -4.58. The molecule has 38 heavy (non-hydrogen) atoms. The van der Waals surface area contributed by atoms with E-state index in [2.05, 4.69) is 11.4 Å². The summed E-state index contributed by atoms with van der Waals surface area (Å²) in [5, 5.41) is 2.75. The minimum atomic E-state index is -0.247. The van der Waals surface area contributed by atoms with Crippen LogP contribution in [-0.2, 0) is 22.7 Å². The van der Waals surface area contributed by atoms with Gasteiger partial charge < -0.3 is 19.7 Å². The van der Waals surface area contributed by atoms with E-state index in [1.807, 2.05) is 89.8 Å². The van der Waals surface area contributed by atoms with E-state index in [-0.39, 0.29) is 23.8 Å². The number of carbonyl (C=O) groups is 2. The highest BCUT2D eigenvalue weighted by Crippen LogP contribution is 2.48. The number of benzene rings is 4. The zero-order valence-corrected chi connectivity index (χ0v) is 21.5. The maximum absolute atomic E-state index is 13.4. The van der Waals surface area contributed by atoms with Crippen molar-refractivity contribution in [3.63, 3.8) is 0 Å². The number of nitrogens with one attached hydrogen (secondary N) is 1.